The van der Waals surface area contributed by atoms with E-state index in [1.54, 1.807) is 20.2 Å². The van der Waals surface area contributed by atoms with Crippen molar-refractivity contribution in [2.75, 3.05) is 21.2 Å². The van der Waals surface area contributed by atoms with E-state index in [-0.39, 0.29) is 39.2 Å². The van der Waals surface area contributed by atoms with Gasteiger partial charge in [-0.3, -0.25) is 9.59 Å². The Bertz CT molecular complexity index is 1280. The first kappa shape index (κ1) is 27.9. The molecule has 5 rings (SSSR count). The second kappa shape index (κ2) is 8.68. The summed E-state index contributed by atoms with van der Waals surface area (Å²) in [6.07, 6.45) is 12.6. The molecule has 212 valence electrons. The smallest absolute Gasteiger partial charge is 0.414 e. The quantitative estimate of drug-likeness (QED) is 0.359. The van der Waals surface area contributed by atoms with E-state index in [9.17, 15) is 14.4 Å². The summed E-state index contributed by atoms with van der Waals surface area (Å²) >= 11 is 0. The molecule has 0 aromatic heterocycles. The number of hydrogen-bond donors (Lipinski definition) is 0. The third-order valence-electron chi connectivity index (χ3n) is 12.1. The van der Waals surface area contributed by atoms with E-state index >= 15 is 0 Å². The van der Waals surface area contributed by atoms with Crippen molar-refractivity contribution in [3.8, 4) is 0 Å². The van der Waals surface area contributed by atoms with E-state index in [2.05, 4.69) is 46.8 Å². The molecule has 3 fully saturated rings. The van der Waals surface area contributed by atoms with Crippen LogP contribution in [0.5, 0.6) is 0 Å². The molecule has 39 heavy (non-hydrogen) atoms. The molecule has 1 amide bonds. The molecule has 6 atom stereocenters. The van der Waals surface area contributed by atoms with Crippen LogP contribution in [0.2, 0.25) is 0 Å². The Labute approximate surface area is 233 Å². The molecule has 0 aromatic rings. The maximum absolute atomic E-state index is 13.3. The zero-order valence-electron chi connectivity index (χ0n) is 25.2. The van der Waals surface area contributed by atoms with Gasteiger partial charge in [-0.05, 0) is 98.2 Å². The molecule has 0 saturated heterocycles. The van der Waals surface area contributed by atoms with Gasteiger partial charge in [0.05, 0.1) is 12.5 Å². The largest absolute Gasteiger partial charge is 0.469 e. The van der Waals surface area contributed by atoms with Crippen molar-refractivity contribution in [1.29, 1.82) is 0 Å². The highest BCUT2D eigenvalue weighted by atomic mass is 16.6. The molecule has 6 heteroatoms. The second-order valence-electron chi connectivity index (χ2n) is 14.3. The lowest BCUT2D eigenvalue weighted by atomic mass is 9.34. The molecular weight excluding hydrogens is 490 g/mol. The number of ether oxygens (including phenoxy) is 2. The molecule has 0 N–H and O–H groups in total. The number of rotatable bonds is 2. The molecule has 5 aliphatic rings. The molecule has 0 spiro atoms. The van der Waals surface area contributed by atoms with Crippen LogP contribution >= 0.6 is 0 Å². The van der Waals surface area contributed by atoms with Gasteiger partial charge in [-0.15, -0.1) is 0 Å². The van der Waals surface area contributed by atoms with Crippen molar-refractivity contribution in [2.24, 2.45) is 33.0 Å². The monoisotopic (exact) mass is 535 g/mol. The van der Waals surface area contributed by atoms with E-state index in [1.165, 1.54) is 17.6 Å². The lowest BCUT2D eigenvalue weighted by Gasteiger charge is -2.70. The van der Waals surface area contributed by atoms with E-state index < -0.39 is 11.5 Å². The van der Waals surface area contributed by atoms with Gasteiger partial charge in [-0.25, -0.2) is 4.79 Å². The predicted octanol–water partition coefficient (Wildman–Crippen LogP) is 6.93. The zero-order chi connectivity index (χ0) is 28.8. The van der Waals surface area contributed by atoms with Crippen LogP contribution in [0.1, 0.15) is 86.5 Å². The van der Waals surface area contributed by atoms with Crippen LogP contribution in [-0.4, -0.2) is 44.0 Å². The molecule has 0 radical (unpaired) electrons. The van der Waals surface area contributed by atoms with Crippen LogP contribution in [0.25, 0.3) is 0 Å². The molecule has 0 heterocycles. The maximum atomic E-state index is 13.3. The van der Waals surface area contributed by atoms with E-state index in [0.29, 0.717) is 5.92 Å². The fourth-order valence-corrected chi connectivity index (χ4v) is 9.19. The van der Waals surface area contributed by atoms with Crippen molar-refractivity contribution in [3.05, 3.63) is 46.3 Å². The summed E-state index contributed by atoms with van der Waals surface area (Å²) in [5.41, 5.74) is 3.59. The van der Waals surface area contributed by atoms with E-state index in [0.717, 1.165) is 61.7 Å². The number of hydrogen-bond acceptors (Lipinski definition) is 5. The van der Waals surface area contributed by atoms with Crippen LogP contribution in [0, 0.1) is 33.0 Å². The fourth-order valence-electron chi connectivity index (χ4n) is 9.19. The zero-order valence-corrected chi connectivity index (χ0v) is 25.2. The van der Waals surface area contributed by atoms with Gasteiger partial charge in [0.15, 0.2) is 5.76 Å². The molecular formula is C33H45NO5. The Morgan fingerprint density at radius 2 is 1.62 bits per heavy atom. The number of amides is 1. The number of fused-ring (bicyclic) bond motifs is 7. The number of carbonyl (C=O) groups is 3. The van der Waals surface area contributed by atoms with Crippen molar-refractivity contribution in [1.82, 2.24) is 4.90 Å². The average Bonchev–Trinajstić information content (AvgIpc) is 2.88. The predicted molar refractivity (Wildman–Crippen MR) is 150 cm³/mol. The summed E-state index contributed by atoms with van der Waals surface area (Å²) in [4.78, 5) is 39.9. The highest BCUT2D eigenvalue weighted by molar-refractivity contribution is 6.08. The van der Waals surface area contributed by atoms with Gasteiger partial charge in [-0.1, -0.05) is 45.4 Å². The molecule has 0 aliphatic heterocycles. The third-order valence-corrected chi connectivity index (χ3v) is 12.1. The first-order valence-corrected chi connectivity index (χ1v) is 14.4. The number of methoxy groups -OCH3 is 1. The second-order valence-corrected chi connectivity index (χ2v) is 14.3. The first-order valence-electron chi connectivity index (χ1n) is 14.4. The van der Waals surface area contributed by atoms with Crippen LogP contribution in [0.3, 0.4) is 0 Å². The summed E-state index contributed by atoms with van der Waals surface area (Å²) in [5.74, 6) is 0.199. The standard InChI is InChI=1S/C33H45NO5/c1-20-21-10-11-24-31(4,22(21)18-23(35)26(20)39-28(37)34(7)8)15-17-33(6)25-19-30(3,27(36)38-9)13-12-29(25,2)14-16-32(24,33)5/h10-11,18,25H,12-17,19H2,1-9H3. The van der Waals surface area contributed by atoms with Crippen LogP contribution in [0.4, 0.5) is 4.79 Å². The minimum Gasteiger partial charge on any atom is -0.469 e. The summed E-state index contributed by atoms with van der Waals surface area (Å²) in [6.45, 7) is 13.6. The van der Waals surface area contributed by atoms with Crippen molar-refractivity contribution in [2.45, 2.75) is 86.5 Å². The summed E-state index contributed by atoms with van der Waals surface area (Å²) in [7, 11) is 4.73. The molecule has 6 nitrogen and oxygen atoms in total. The SMILES string of the molecule is COC(=O)C1(C)CCC2(C)CCC3(C)C4=CC=C5C(=CC(=O)C(OC(=O)N(C)C)=C5C)C4(C)CCC3(C)C2C1. The fraction of sp³-hybridized carbons (Fsp3) is 0.667. The molecule has 5 aliphatic carbocycles. The number of ketones is 1. The molecule has 6 unspecified atom stereocenters. The number of allylic oxidation sites excluding steroid dienone is 7. The summed E-state index contributed by atoms with van der Waals surface area (Å²) < 4.78 is 10.8. The Hall–Kier alpha value is -2.63. The Balaban J connectivity index is 1.58. The Morgan fingerprint density at radius 1 is 0.949 bits per heavy atom. The van der Waals surface area contributed by atoms with Crippen molar-refractivity contribution >= 4 is 17.8 Å². The van der Waals surface area contributed by atoms with Crippen LogP contribution < -0.4 is 0 Å². The molecule has 3 saturated carbocycles. The first-order chi connectivity index (χ1) is 18.1. The minimum absolute atomic E-state index is 0.0168. The van der Waals surface area contributed by atoms with Gasteiger partial charge in [0, 0.05) is 25.1 Å². The minimum atomic E-state index is -0.550. The highest BCUT2D eigenvalue weighted by Crippen LogP contribution is 2.75. The normalized spacial score (nSPS) is 41.1. The van der Waals surface area contributed by atoms with Gasteiger partial charge in [0.1, 0.15) is 0 Å². The van der Waals surface area contributed by atoms with Gasteiger partial charge in [0.2, 0.25) is 5.78 Å². The van der Waals surface area contributed by atoms with E-state index in [1.807, 2.05) is 6.92 Å². The third kappa shape index (κ3) is 3.69. The lowest BCUT2D eigenvalue weighted by molar-refractivity contribution is -0.180. The van der Waals surface area contributed by atoms with Crippen LogP contribution in [-0.2, 0) is 19.1 Å². The van der Waals surface area contributed by atoms with Crippen molar-refractivity contribution < 1.29 is 23.9 Å². The summed E-state index contributed by atoms with van der Waals surface area (Å²) in [5, 5.41) is 0. The molecule has 0 bridgehead atoms. The topological polar surface area (TPSA) is 72.9 Å². The van der Waals surface area contributed by atoms with Crippen LogP contribution in [0.15, 0.2) is 46.3 Å². The van der Waals surface area contributed by atoms with Gasteiger partial charge in [-0.2, -0.15) is 0 Å². The number of carbonyl (C=O) groups excluding carboxylic acids is 3. The summed E-state index contributed by atoms with van der Waals surface area (Å²) in [6, 6.07) is 0. The van der Waals surface area contributed by atoms with E-state index in [4.69, 9.17) is 9.47 Å². The Kier molecular flexibility index (Phi) is 6.22. The van der Waals surface area contributed by atoms with Gasteiger partial charge in [0.25, 0.3) is 0 Å². The van der Waals surface area contributed by atoms with Gasteiger partial charge < -0.3 is 14.4 Å². The maximum Gasteiger partial charge on any atom is 0.414 e. The highest BCUT2D eigenvalue weighted by Gasteiger charge is 2.67. The molecule has 0 aromatic carbocycles. The Morgan fingerprint density at radius 3 is 2.26 bits per heavy atom. The number of nitrogens with zero attached hydrogens (tertiary/aromatic N) is 1. The average molecular weight is 536 g/mol. The van der Waals surface area contributed by atoms with Crippen molar-refractivity contribution in [3.63, 3.8) is 0 Å². The van der Waals surface area contributed by atoms with Gasteiger partial charge >= 0.3 is 12.1 Å². The lowest BCUT2D eigenvalue weighted by Crippen LogP contribution is -2.62. The number of esters is 1.